The van der Waals surface area contributed by atoms with Gasteiger partial charge in [0.25, 0.3) is 0 Å². The number of carbonyl (C=O) groups is 1. The maximum absolute atomic E-state index is 12.2. The van der Waals surface area contributed by atoms with E-state index in [-0.39, 0.29) is 12.0 Å². The summed E-state index contributed by atoms with van der Waals surface area (Å²) in [6.45, 7) is 4.93. The molecule has 5 nitrogen and oxygen atoms in total. The van der Waals surface area contributed by atoms with Gasteiger partial charge in [-0.2, -0.15) is 0 Å². The Morgan fingerprint density at radius 1 is 1.41 bits per heavy atom. The van der Waals surface area contributed by atoms with Crippen LogP contribution in [0.2, 0.25) is 0 Å². The van der Waals surface area contributed by atoms with Gasteiger partial charge in [0.2, 0.25) is 5.91 Å². The smallest absolute Gasteiger partial charge is 0.238 e. The lowest BCUT2D eigenvalue weighted by atomic mass is 10.1. The summed E-state index contributed by atoms with van der Waals surface area (Å²) in [6, 6.07) is 7.44. The van der Waals surface area contributed by atoms with Gasteiger partial charge in [-0.3, -0.25) is 9.69 Å². The quantitative estimate of drug-likeness (QED) is 0.841. The Balaban J connectivity index is 1.86. The topological polar surface area (TPSA) is 50.8 Å². The van der Waals surface area contributed by atoms with Gasteiger partial charge in [0.05, 0.1) is 25.4 Å². The zero-order chi connectivity index (χ0) is 15.8. The van der Waals surface area contributed by atoms with E-state index in [1.54, 1.807) is 7.11 Å². The van der Waals surface area contributed by atoms with Crippen LogP contribution in [0, 0.1) is 0 Å². The van der Waals surface area contributed by atoms with Crippen LogP contribution < -0.4 is 10.1 Å². The predicted molar refractivity (Wildman–Crippen MR) is 87.3 cm³/mol. The molecule has 1 atom stereocenters. The first-order valence-corrected chi connectivity index (χ1v) is 7.99. The molecular formula is C17H26N2O3. The first-order chi connectivity index (χ1) is 10.7. The summed E-state index contributed by atoms with van der Waals surface area (Å²) < 4.78 is 11.0. The highest BCUT2D eigenvalue weighted by molar-refractivity contribution is 5.93. The molecule has 122 valence electrons. The minimum atomic E-state index is -0.0258. The maximum Gasteiger partial charge on any atom is 0.238 e. The lowest BCUT2D eigenvalue weighted by Crippen LogP contribution is -2.40. The van der Waals surface area contributed by atoms with Crippen LogP contribution in [-0.2, 0) is 9.53 Å². The summed E-state index contributed by atoms with van der Waals surface area (Å²) in [5.41, 5.74) is 0.708. The van der Waals surface area contributed by atoms with Crippen molar-refractivity contribution in [3.8, 4) is 5.75 Å². The first-order valence-electron chi connectivity index (χ1n) is 7.99. The number of methoxy groups -OCH3 is 1. The summed E-state index contributed by atoms with van der Waals surface area (Å²) in [4.78, 5) is 14.4. The van der Waals surface area contributed by atoms with E-state index >= 15 is 0 Å². The number of para-hydroxylation sites is 2. The third-order valence-corrected chi connectivity index (χ3v) is 3.93. The van der Waals surface area contributed by atoms with Crippen LogP contribution >= 0.6 is 0 Å². The molecular weight excluding hydrogens is 280 g/mol. The van der Waals surface area contributed by atoms with Crippen LogP contribution in [0.4, 0.5) is 5.69 Å². The molecule has 0 radical (unpaired) electrons. The van der Waals surface area contributed by atoms with Crippen molar-refractivity contribution in [1.82, 2.24) is 4.90 Å². The molecule has 1 amide bonds. The molecule has 5 heteroatoms. The molecule has 0 unspecified atom stereocenters. The molecule has 0 aromatic heterocycles. The molecule has 0 bridgehead atoms. The van der Waals surface area contributed by atoms with Gasteiger partial charge >= 0.3 is 0 Å². The Morgan fingerprint density at radius 2 is 2.23 bits per heavy atom. The minimum absolute atomic E-state index is 0.0258. The lowest BCUT2D eigenvalue weighted by Gasteiger charge is -2.28. The molecule has 1 fully saturated rings. The zero-order valence-corrected chi connectivity index (χ0v) is 13.5. The molecule has 22 heavy (non-hydrogen) atoms. The highest BCUT2D eigenvalue weighted by Gasteiger charge is 2.19. The van der Waals surface area contributed by atoms with E-state index in [1.165, 1.54) is 6.42 Å². The number of nitrogens with zero attached hydrogens (tertiary/aromatic N) is 1. The van der Waals surface area contributed by atoms with Crippen molar-refractivity contribution < 1.29 is 14.3 Å². The molecule has 0 saturated carbocycles. The van der Waals surface area contributed by atoms with E-state index in [2.05, 4.69) is 17.1 Å². The van der Waals surface area contributed by atoms with E-state index in [1.807, 2.05) is 24.3 Å². The number of nitrogens with one attached hydrogen (secondary N) is 1. The van der Waals surface area contributed by atoms with Crippen molar-refractivity contribution in [3.05, 3.63) is 24.3 Å². The Kier molecular flexibility index (Phi) is 6.68. The Labute approximate surface area is 132 Å². The molecule has 0 aliphatic carbocycles. The fourth-order valence-corrected chi connectivity index (χ4v) is 2.69. The van der Waals surface area contributed by atoms with Crippen LogP contribution in [0.25, 0.3) is 0 Å². The van der Waals surface area contributed by atoms with Gasteiger partial charge in [0.15, 0.2) is 0 Å². The van der Waals surface area contributed by atoms with Gasteiger partial charge in [0, 0.05) is 13.2 Å². The molecule has 1 aliphatic rings. The van der Waals surface area contributed by atoms with Crippen LogP contribution in [0.15, 0.2) is 24.3 Å². The third kappa shape index (κ3) is 5.00. The van der Waals surface area contributed by atoms with Crippen LogP contribution in [0.3, 0.4) is 0 Å². The van der Waals surface area contributed by atoms with E-state index < -0.39 is 0 Å². The summed E-state index contributed by atoms with van der Waals surface area (Å²) in [7, 11) is 1.60. The molecule has 1 aromatic carbocycles. The molecule has 2 rings (SSSR count). The van der Waals surface area contributed by atoms with Gasteiger partial charge in [-0.1, -0.05) is 19.1 Å². The van der Waals surface area contributed by atoms with Gasteiger partial charge in [-0.25, -0.2) is 0 Å². The fourth-order valence-electron chi connectivity index (χ4n) is 2.69. The van der Waals surface area contributed by atoms with Crippen LogP contribution in [0.5, 0.6) is 5.75 Å². The highest BCUT2D eigenvalue weighted by atomic mass is 16.5. The molecule has 1 heterocycles. The number of benzene rings is 1. The molecule has 1 saturated heterocycles. The largest absolute Gasteiger partial charge is 0.495 e. The van der Waals surface area contributed by atoms with Crippen molar-refractivity contribution in [2.24, 2.45) is 0 Å². The first kappa shape index (κ1) is 16.8. The standard InChI is InChI=1S/C17H26N2O3/c1-3-19(12-14-8-6-7-11-22-14)13-17(20)18-15-9-4-5-10-16(15)21-2/h4-5,9-10,14H,3,6-8,11-13H2,1-2H3,(H,18,20)/t14-/m0/s1. The fraction of sp³-hybridized carbons (Fsp3) is 0.588. The number of ether oxygens (including phenoxy) is 2. The Morgan fingerprint density at radius 3 is 2.91 bits per heavy atom. The Bertz CT molecular complexity index is 473. The maximum atomic E-state index is 12.2. The van der Waals surface area contributed by atoms with Gasteiger partial charge in [-0.15, -0.1) is 0 Å². The van der Waals surface area contributed by atoms with Crippen molar-refractivity contribution in [2.45, 2.75) is 32.3 Å². The zero-order valence-electron chi connectivity index (χ0n) is 13.5. The normalized spacial score (nSPS) is 18.2. The summed E-state index contributed by atoms with van der Waals surface area (Å²) in [5, 5.41) is 2.92. The van der Waals surface area contributed by atoms with Crippen LogP contribution in [-0.4, -0.2) is 50.3 Å². The second kappa shape index (κ2) is 8.76. The van der Waals surface area contributed by atoms with Crippen LogP contribution in [0.1, 0.15) is 26.2 Å². The lowest BCUT2D eigenvalue weighted by molar-refractivity contribution is -0.117. The summed E-state index contributed by atoms with van der Waals surface area (Å²) in [6.07, 6.45) is 3.71. The van der Waals surface area contributed by atoms with E-state index in [0.717, 1.165) is 32.5 Å². The van der Waals surface area contributed by atoms with Crippen molar-refractivity contribution >= 4 is 11.6 Å². The molecule has 0 spiro atoms. The SMILES string of the molecule is CCN(CC(=O)Nc1ccccc1OC)C[C@@H]1CCCCO1. The Hall–Kier alpha value is -1.59. The predicted octanol–water partition coefficient (Wildman–Crippen LogP) is 2.52. The van der Waals surface area contributed by atoms with Gasteiger partial charge < -0.3 is 14.8 Å². The average Bonchev–Trinajstić information content (AvgIpc) is 2.55. The van der Waals surface area contributed by atoms with Crippen molar-refractivity contribution in [2.75, 3.05) is 38.7 Å². The summed E-state index contributed by atoms with van der Waals surface area (Å²) in [5.74, 6) is 0.650. The minimum Gasteiger partial charge on any atom is -0.495 e. The summed E-state index contributed by atoms with van der Waals surface area (Å²) >= 11 is 0. The second-order valence-electron chi connectivity index (χ2n) is 5.56. The van der Waals surface area contributed by atoms with E-state index in [0.29, 0.717) is 18.0 Å². The molecule has 1 N–H and O–H groups in total. The molecule has 1 aromatic rings. The van der Waals surface area contributed by atoms with Gasteiger partial charge in [0.1, 0.15) is 5.75 Å². The molecule has 1 aliphatic heterocycles. The highest BCUT2D eigenvalue weighted by Crippen LogP contribution is 2.23. The third-order valence-electron chi connectivity index (χ3n) is 3.93. The van der Waals surface area contributed by atoms with E-state index in [4.69, 9.17) is 9.47 Å². The number of rotatable bonds is 7. The second-order valence-corrected chi connectivity index (χ2v) is 5.56. The van der Waals surface area contributed by atoms with Gasteiger partial charge in [-0.05, 0) is 37.9 Å². The van der Waals surface area contributed by atoms with Crippen molar-refractivity contribution in [1.29, 1.82) is 0 Å². The number of hydrogen-bond acceptors (Lipinski definition) is 4. The van der Waals surface area contributed by atoms with Crippen molar-refractivity contribution in [3.63, 3.8) is 0 Å². The average molecular weight is 306 g/mol. The number of hydrogen-bond donors (Lipinski definition) is 1. The monoisotopic (exact) mass is 306 g/mol. The number of carbonyl (C=O) groups excluding carboxylic acids is 1. The number of likely N-dealkylation sites (N-methyl/N-ethyl adjacent to an activating group) is 1. The van der Waals surface area contributed by atoms with E-state index in [9.17, 15) is 4.79 Å². The number of amides is 1. The number of anilines is 1.